The lowest BCUT2D eigenvalue weighted by molar-refractivity contribution is -0.385. The van der Waals surface area contributed by atoms with Gasteiger partial charge in [-0.1, -0.05) is 0 Å². The summed E-state index contributed by atoms with van der Waals surface area (Å²) in [5, 5.41) is 11.1. The standard InChI is InChI=1S/C13H20N4O4/c1-4-16(9(2)8-21-3)13(18)11-7-10(15-14)5-6-12(11)17(19)20/h5-7,9,15H,4,8,14H2,1-3H3. The summed E-state index contributed by atoms with van der Waals surface area (Å²) >= 11 is 0. The molecule has 1 amide bonds. The molecule has 0 fully saturated rings. The molecule has 0 aromatic heterocycles. The van der Waals surface area contributed by atoms with Gasteiger partial charge in [0.05, 0.1) is 17.6 Å². The number of carbonyl (C=O) groups is 1. The second-order valence-electron chi connectivity index (χ2n) is 4.53. The summed E-state index contributed by atoms with van der Waals surface area (Å²) < 4.78 is 5.03. The first-order valence-electron chi connectivity index (χ1n) is 6.51. The van der Waals surface area contributed by atoms with E-state index in [0.29, 0.717) is 18.8 Å². The lowest BCUT2D eigenvalue weighted by Gasteiger charge is -2.27. The Morgan fingerprint density at radius 2 is 2.24 bits per heavy atom. The van der Waals surface area contributed by atoms with Crippen LogP contribution in [0.2, 0.25) is 0 Å². The lowest BCUT2D eigenvalue weighted by Crippen LogP contribution is -2.41. The number of hydrogen-bond donors (Lipinski definition) is 2. The van der Waals surface area contributed by atoms with Crippen LogP contribution in [0.15, 0.2) is 18.2 Å². The number of nitrogen functional groups attached to an aromatic ring is 1. The Morgan fingerprint density at radius 1 is 1.57 bits per heavy atom. The second-order valence-corrected chi connectivity index (χ2v) is 4.53. The van der Waals surface area contributed by atoms with Crippen molar-refractivity contribution in [1.29, 1.82) is 0 Å². The molecule has 0 heterocycles. The zero-order valence-corrected chi connectivity index (χ0v) is 12.3. The van der Waals surface area contributed by atoms with Crippen LogP contribution < -0.4 is 11.3 Å². The van der Waals surface area contributed by atoms with Gasteiger partial charge in [-0.2, -0.15) is 0 Å². The molecule has 0 saturated heterocycles. The second kappa shape index (κ2) is 7.55. The Kier molecular flexibility index (Phi) is 6.07. The summed E-state index contributed by atoms with van der Waals surface area (Å²) in [7, 11) is 1.54. The maximum Gasteiger partial charge on any atom is 0.282 e. The Balaban J connectivity index is 3.22. The van der Waals surface area contributed by atoms with Crippen LogP contribution in [-0.2, 0) is 4.74 Å². The predicted octanol–water partition coefficient (Wildman–Crippen LogP) is 1.38. The summed E-state index contributed by atoms with van der Waals surface area (Å²) in [6, 6.07) is 3.89. The van der Waals surface area contributed by atoms with Gasteiger partial charge in [0.2, 0.25) is 0 Å². The average Bonchev–Trinajstić information content (AvgIpc) is 2.47. The minimum absolute atomic E-state index is 0.000234. The van der Waals surface area contributed by atoms with E-state index >= 15 is 0 Å². The van der Waals surface area contributed by atoms with E-state index in [1.165, 1.54) is 30.2 Å². The molecule has 1 rings (SSSR count). The van der Waals surface area contributed by atoms with Crippen molar-refractivity contribution >= 4 is 17.3 Å². The number of benzene rings is 1. The van der Waals surface area contributed by atoms with Crippen LogP contribution in [0.3, 0.4) is 0 Å². The minimum atomic E-state index is -0.581. The molecule has 0 bridgehead atoms. The summed E-state index contributed by atoms with van der Waals surface area (Å²) in [5.74, 6) is 4.87. The number of nitro groups is 1. The van der Waals surface area contributed by atoms with Crippen molar-refractivity contribution in [2.45, 2.75) is 19.9 Å². The first-order valence-corrected chi connectivity index (χ1v) is 6.51. The largest absolute Gasteiger partial charge is 0.383 e. The number of nitrogens with one attached hydrogen (secondary N) is 1. The number of hydrazine groups is 1. The average molecular weight is 296 g/mol. The van der Waals surface area contributed by atoms with Gasteiger partial charge in [-0.25, -0.2) is 0 Å². The highest BCUT2D eigenvalue weighted by Crippen LogP contribution is 2.24. The van der Waals surface area contributed by atoms with Crippen molar-refractivity contribution in [1.82, 2.24) is 4.90 Å². The Hall–Kier alpha value is -2.19. The predicted molar refractivity (Wildman–Crippen MR) is 79.0 cm³/mol. The van der Waals surface area contributed by atoms with E-state index in [2.05, 4.69) is 5.43 Å². The molecular weight excluding hydrogens is 276 g/mol. The molecule has 0 aliphatic carbocycles. The van der Waals surface area contributed by atoms with Crippen LogP contribution in [0.4, 0.5) is 11.4 Å². The molecule has 3 N–H and O–H groups in total. The van der Waals surface area contributed by atoms with Gasteiger partial charge >= 0.3 is 0 Å². The van der Waals surface area contributed by atoms with Crippen molar-refractivity contribution in [3.63, 3.8) is 0 Å². The van der Waals surface area contributed by atoms with E-state index < -0.39 is 10.8 Å². The molecule has 1 aromatic carbocycles. The molecule has 1 unspecified atom stereocenters. The van der Waals surface area contributed by atoms with Gasteiger partial charge in [-0.05, 0) is 26.0 Å². The number of methoxy groups -OCH3 is 1. The van der Waals surface area contributed by atoms with Crippen molar-refractivity contribution in [2.75, 3.05) is 25.7 Å². The van der Waals surface area contributed by atoms with E-state index in [1.54, 1.807) is 6.92 Å². The fourth-order valence-electron chi connectivity index (χ4n) is 2.10. The van der Waals surface area contributed by atoms with E-state index in [-0.39, 0.29) is 17.3 Å². The third-order valence-electron chi connectivity index (χ3n) is 3.13. The monoisotopic (exact) mass is 296 g/mol. The van der Waals surface area contributed by atoms with E-state index in [0.717, 1.165) is 0 Å². The molecule has 0 aliphatic rings. The van der Waals surface area contributed by atoms with Crippen LogP contribution >= 0.6 is 0 Å². The normalized spacial score (nSPS) is 11.8. The van der Waals surface area contributed by atoms with Crippen LogP contribution in [0, 0.1) is 10.1 Å². The molecule has 1 atom stereocenters. The number of anilines is 1. The molecule has 8 heteroatoms. The highest BCUT2D eigenvalue weighted by atomic mass is 16.6. The number of carbonyl (C=O) groups excluding carboxylic acids is 1. The zero-order valence-electron chi connectivity index (χ0n) is 12.3. The van der Waals surface area contributed by atoms with E-state index in [9.17, 15) is 14.9 Å². The number of nitrogens with two attached hydrogens (primary N) is 1. The Labute approximate surface area is 123 Å². The number of ether oxygens (including phenoxy) is 1. The summed E-state index contributed by atoms with van der Waals surface area (Å²) in [6.45, 7) is 4.39. The number of rotatable bonds is 7. The highest BCUT2D eigenvalue weighted by Gasteiger charge is 2.27. The number of amides is 1. The van der Waals surface area contributed by atoms with Gasteiger partial charge in [0.15, 0.2) is 0 Å². The molecule has 1 aromatic rings. The van der Waals surface area contributed by atoms with Crippen molar-refractivity contribution in [3.05, 3.63) is 33.9 Å². The molecule has 0 radical (unpaired) electrons. The van der Waals surface area contributed by atoms with Gasteiger partial charge in [-0.3, -0.25) is 20.8 Å². The maximum absolute atomic E-state index is 12.6. The molecule has 8 nitrogen and oxygen atoms in total. The van der Waals surface area contributed by atoms with E-state index in [4.69, 9.17) is 10.6 Å². The quantitative estimate of drug-likeness (QED) is 0.446. The smallest absolute Gasteiger partial charge is 0.282 e. The minimum Gasteiger partial charge on any atom is -0.383 e. The maximum atomic E-state index is 12.6. The topological polar surface area (TPSA) is 111 Å². The Morgan fingerprint density at radius 3 is 2.71 bits per heavy atom. The van der Waals surface area contributed by atoms with Crippen LogP contribution in [0.1, 0.15) is 24.2 Å². The number of hydrogen-bond acceptors (Lipinski definition) is 6. The third-order valence-corrected chi connectivity index (χ3v) is 3.13. The van der Waals surface area contributed by atoms with Gasteiger partial charge in [0, 0.05) is 25.4 Å². The first-order chi connectivity index (χ1) is 9.96. The van der Waals surface area contributed by atoms with Crippen LogP contribution in [0.5, 0.6) is 0 Å². The molecule has 0 spiro atoms. The van der Waals surface area contributed by atoms with Crippen molar-refractivity contribution in [3.8, 4) is 0 Å². The van der Waals surface area contributed by atoms with Gasteiger partial charge in [0.1, 0.15) is 5.56 Å². The van der Waals surface area contributed by atoms with Crippen LogP contribution in [0.25, 0.3) is 0 Å². The molecular formula is C13H20N4O4. The highest BCUT2D eigenvalue weighted by molar-refractivity contribution is 5.99. The van der Waals surface area contributed by atoms with E-state index in [1.807, 2.05) is 6.92 Å². The summed E-state index contributed by atoms with van der Waals surface area (Å²) in [4.78, 5) is 24.6. The molecule has 116 valence electrons. The number of likely N-dealkylation sites (N-methyl/N-ethyl adjacent to an activating group) is 1. The van der Waals surface area contributed by atoms with Crippen molar-refractivity contribution in [2.24, 2.45) is 5.84 Å². The fourth-order valence-corrected chi connectivity index (χ4v) is 2.10. The number of nitrogens with zero attached hydrogens (tertiary/aromatic N) is 2. The molecule has 0 saturated carbocycles. The van der Waals surface area contributed by atoms with Crippen LogP contribution in [-0.4, -0.2) is 42.0 Å². The molecule has 0 aliphatic heterocycles. The van der Waals surface area contributed by atoms with Gasteiger partial charge in [-0.15, -0.1) is 0 Å². The first kappa shape index (κ1) is 16.9. The van der Waals surface area contributed by atoms with Gasteiger partial charge < -0.3 is 15.1 Å². The molecule has 21 heavy (non-hydrogen) atoms. The van der Waals surface area contributed by atoms with Crippen molar-refractivity contribution < 1.29 is 14.5 Å². The zero-order chi connectivity index (χ0) is 16.0. The third kappa shape index (κ3) is 3.89. The number of nitro benzene ring substituents is 1. The fraction of sp³-hybridized carbons (Fsp3) is 0.462. The lowest BCUT2D eigenvalue weighted by atomic mass is 10.1. The SMILES string of the molecule is CCN(C(=O)c1cc(NN)ccc1[N+](=O)[O-])C(C)COC. The Bertz CT molecular complexity index is 521. The summed E-state index contributed by atoms with van der Waals surface area (Å²) in [5.41, 5.74) is 2.56. The van der Waals surface area contributed by atoms with Gasteiger partial charge in [0.25, 0.3) is 11.6 Å². The summed E-state index contributed by atoms with van der Waals surface area (Å²) in [6.07, 6.45) is 0.